The van der Waals surface area contributed by atoms with Gasteiger partial charge in [-0.05, 0) is 11.6 Å². The molecule has 5 heteroatoms. The molecular formula is C14H10N2O3. The maximum absolute atomic E-state index is 11.7. The van der Waals surface area contributed by atoms with E-state index in [1.807, 2.05) is 24.3 Å². The molecule has 1 amide bonds. The van der Waals surface area contributed by atoms with E-state index in [1.165, 1.54) is 0 Å². The molecule has 94 valence electrons. The quantitative estimate of drug-likeness (QED) is 0.353. The van der Waals surface area contributed by atoms with Crippen molar-refractivity contribution in [1.82, 2.24) is 5.48 Å². The van der Waals surface area contributed by atoms with Crippen LogP contribution in [0, 0.1) is 0 Å². The number of nitrogens with one attached hydrogen (secondary N) is 1. The van der Waals surface area contributed by atoms with E-state index in [4.69, 9.17) is 5.21 Å². The molecule has 5 nitrogen and oxygen atoms in total. The summed E-state index contributed by atoms with van der Waals surface area (Å²) in [7, 11) is 0. The number of rotatable bonds is 1. The lowest BCUT2D eigenvalue weighted by Crippen LogP contribution is -2.19. The first-order valence-corrected chi connectivity index (χ1v) is 5.67. The minimum absolute atomic E-state index is 0.339. The van der Waals surface area contributed by atoms with Gasteiger partial charge in [0.1, 0.15) is 5.71 Å². The van der Waals surface area contributed by atoms with Gasteiger partial charge in [0.2, 0.25) is 0 Å². The van der Waals surface area contributed by atoms with Crippen LogP contribution < -0.4 is 5.48 Å². The fourth-order valence-electron chi connectivity index (χ4n) is 2.45. The van der Waals surface area contributed by atoms with Gasteiger partial charge < -0.3 is 5.21 Å². The Bertz CT molecular complexity index is 708. The summed E-state index contributed by atoms with van der Waals surface area (Å²) >= 11 is 0. The van der Waals surface area contributed by atoms with Crippen LogP contribution in [0.15, 0.2) is 47.6 Å². The highest BCUT2D eigenvalue weighted by molar-refractivity contribution is 6.26. The van der Waals surface area contributed by atoms with Gasteiger partial charge >= 0.3 is 0 Å². The molecule has 1 aliphatic carbocycles. The van der Waals surface area contributed by atoms with E-state index in [1.54, 1.807) is 23.7 Å². The van der Waals surface area contributed by atoms with E-state index in [-0.39, 0.29) is 0 Å². The fraction of sp³-hybridized carbons (Fsp3) is 0. The molecule has 0 aliphatic heterocycles. The van der Waals surface area contributed by atoms with Crippen LogP contribution in [0.5, 0.6) is 0 Å². The Morgan fingerprint density at radius 2 is 1.68 bits per heavy atom. The zero-order chi connectivity index (χ0) is 13.4. The molecule has 0 fully saturated rings. The lowest BCUT2D eigenvalue weighted by atomic mass is 9.99. The lowest BCUT2D eigenvalue weighted by molar-refractivity contribution is 0.0707. The van der Waals surface area contributed by atoms with E-state index in [2.05, 4.69) is 5.16 Å². The molecule has 0 saturated carbocycles. The van der Waals surface area contributed by atoms with Crippen molar-refractivity contribution in [3.63, 3.8) is 0 Å². The Kier molecular flexibility index (Phi) is 2.54. The third-order valence-corrected chi connectivity index (χ3v) is 3.22. The summed E-state index contributed by atoms with van der Waals surface area (Å²) < 4.78 is 0. The summed E-state index contributed by atoms with van der Waals surface area (Å²) in [6, 6.07) is 12.4. The van der Waals surface area contributed by atoms with Gasteiger partial charge in [0.05, 0.1) is 5.56 Å². The Morgan fingerprint density at radius 1 is 1.00 bits per heavy atom. The van der Waals surface area contributed by atoms with E-state index in [9.17, 15) is 10.0 Å². The maximum atomic E-state index is 11.7. The molecule has 0 aromatic heterocycles. The second-order valence-electron chi connectivity index (χ2n) is 4.16. The topological polar surface area (TPSA) is 81.9 Å². The summed E-state index contributed by atoms with van der Waals surface area (Å²) in [5, 5.41) is 21.3. The molecule has 0 spiro atoms. The molecule has 0 radical (unpaired) electrons. The summed E-state index contributed by atoms with van der Waals surface area (Å²) in [6.45, 7) is 0. The van der Waals surface area contributed by atoms with Gasteiger partial charge in [0.15, 0.2) is 0 Å². The van der Waals surface area contributed by atoms with Gasteiger partial charge in [0, 0.05) is 16.7 Å². The standard InChI is InChI=1S/C14H10N2O3/c17-14(16-19)11-7-3-6-10-12(11)8-4-1-2-5-9(8)13(10)15-18/h1-7,18-19H,(H,16,17). The van der Waals surface area contributed by atoms with Crippen molar-refractivity contribution >= 4 is 11.6 Å². The average Bonchev–Trinajstić information content (AvgIpc) is 2.80. The SMILES string of the molecule is O=C(NO)c1cccc2c1-c1ccccc1C2=NO. The van der Waals surface area contributed by atoms with Gasteiger partial charge in [-0.1, -0.05) is 41.6 Å². The number of carbonyl (C=O) groups excluding carboxylic acids is 1. The van der Waals surface area contributed by atoms with Crippen molar-refractivity contribution in [2.45, 2.75) is 0 Å². The number of hydroxylamine groups is 1. The smallest absolute Gasteiger partial charge is 0.275 e. The number of hydrogen-bond acceptors (Lipinski definition) is 4. The van der Waals surface area contributed by atoms with Gasteiger partial charge in [0.25, 0.3) is 5.91 Å². The van der Waals surface area contributed by atoms with E-state index in [0.29, 0.717) is 22.4 Å². The second kappa shape index (κ2) is 4.22. The van der Waals surface area contributed by atoms with Crippen LogP contribution >= 0.6 is 0 Å². The number of fused-ring (bicyclic) bond motifs is 3. The third kappa shape index (κ3) is 1.52. The number of hydrogen-bond donors (Lipinski definition) is 3. The van der Waals surface area contributed by atoms with Crippen molar-refractivity contribution < 1.29 is 15.2 Å². The summed E-state index contributed by atoms with van der Waals surface area (Å²) in [6.07, 6.45) is 0. The predicted octanol–water partition coefficient (Wildman–Crippen LogP) is 2.01. The molecule has 2 aromatic carbocycles. The highest BCUT2D eigenvalue weighted by Gasteiger charge is 2.28. The van der Waals surface area contributed by atoms with E-state index in [0.717, 1.165) is 11.1 Å². The molecule has 19 heavy (non-hydrogen) atoms. The number of carbonyl (C=O) groups is 1. The van der Waals surface area contributed by atoms with Crippen molar-refractivity contribution in [2.24, 2.45) is 5.16 Å². The Hall–Kier alpha value is -2.66. The number of oxime groups is 1. The molecule has 0 heterocycles. The van der Waals surface area contributed by atoms with E-state index >= 15 is 0 Å². The van der Waals surface area contributed by atoms with Crippen LogP contribution in [0.3, 0.4) is 0 Å². The summed E-state index contributed by atoms with van der Waals surface area (Å²) in [5.74, 6) is -0.592. The lowest BCUT2D eigenvalue weighted by Gasteiger charge is -2.06. The first kappa shape index (κ1) is 11.4. The minimum atomic E-state index is -0.592. The van der Waals surface area contributed by atoms with Crippen LogP contribution in [-0.4, -0.2) is 22.0 Å². The van der Waals surface area contributed by atoms with Crippen LogP contribution in [0.4, 0.5) is 0 Å². The van der Waals surface area contributed by atoms with Crippen LogP contribution in [0.25, 0.3) is 11.1 Å². The monoisotopic (exact) mass is 254 g/mol. The maximum Gasteiger partial charge on any atom is 0.275 e. The fourth-order valence-corrected chi connectivity index (χ4v) is 2.45. The van der Waals surface area contributed by atoms with Crippen LogP contribution in [0.1, 0.15) is 21.5 Å². The first-order chi connectivity index (χ1) is 9.27. The molecule has 0 unspecified atom stereocenters. The molecule has 0 atom stereocenters. The molecule has 0 bridgehead atoms. The zero-order valence-electron chi connectivity index (χ0n) is 9.79. The molecule has 2 aromatic rings. The summed E-state index contributed by atoms with van der Waals surface area (Å²) in [4.78, 5) is 11.7. The molecule has 3 rings (SSSR count). The van der Waals surface area contributed by atoms with Crippen LogP contribution in [-0.2, 0) is 0 Å². The Balaban J connectivity index is 2.37. The number of benzene rings is 2. The van der Waals surface area contributed by atoms with E-state index < -0.39 is 5.91 Å². The molecule has 0 saturated heterocycles. The highest BCUT2D eigenvalue weighted by atomic mass is 16.5. The molecule has 3 N–H and O–H groups in total. The largest absolute Gasteiger partial charge is 0.410 e. The minimum Gasteiger partial charge on any atom is -0.410 e. The van der Waals surface area contributed by atoms with Crippen molar-refractivity contribution in [1.29, 1.82) is 0 Å². The van der Waals surface area contributed by atoms with Crippen molar-refractivity contribution in [3.05, 3.63) is 59.2 Å². The third-order valence-electron chi connectivity index (χ3n) is 3.22. The normalized spacial score (nSPS) is 14.1. The first-order valence-electron chi connectivity index (χ1n) is 5.67. The van der Waals surface area contributed by atoms with Crippen LogP contribution in [0.2, 0.25) is 0 Å². The molecular weight excluding hydrogens is 244 g/mol. The number of nitrogens with zero attached hydrogens (tertiary/aromatic N) is 1. The van der Waals surface area contributed by atoms with Gasteiger partial charge in [-0.25, -0.2) is 5.48 Å². The van der Waals surface area contributed by atoms with Crippen molar-refractivity contribution in [3.8, 4) is 11.1 Å². The zero-order valence-corrected chi connectivity index (χ0v) is 9.79. The predicted molar refractivity (Wildman–Crippen MR) is 68.6 cm³/mol. The average molecular weight is 254 g/mol. The second-order valence-corrected chi connectivity index (χ2v) is 4.16. The Morgan fingerprint density at radius 3 is 2.37 bits per heavy atom. The summed E-state index contributed by atoms with van der Waals surface area (Å²) in [5.41, 5.74) is 5.31. The molecule has 1 aliphatic rings. The van der Waals surface area contributed by atoms with Gasteiger partial charge in [-0.15, -0.1) is 0 Å². The highest BCUT2D eigenvalue weighted by Crippen LogP contribution is 2.39. The van der Waals surface area contributed by atoms with Gasteiger partial charge in [-0.2, -0.15) is 0 Å². The van der Waals surface area contributed by atoms with Gasteiger partial charge in [-0.3, -0.25) is 10.0 Å². The Labute approximate surface area is 108 Å². The van der Waals surface area contributed by atoms with Crippen molar-refractivity contribution in [2.75, 3.05) is 0 Å². The number of amides is 1.